The van der Waals surface area contributed by atoms with Crippen molar-refractivity contribution in [3.63, 3.8) is 0 Å². The van der Waals surface area contributed by atoms with Crippen LogP contribution >= 0.6 is 0 Å². The van der Waals surface area contributed by atoms with E-state index in [9.17, 15) is 9.59 Å². The lowest BCUT2D eigenvalue weighted by atomic mass is 9.47. The molecule has 0 unspecified atom stereocenters. The van der Waals surface area contributed by atoms with Gasteiger partial charge in [0, 0.05) is 11.8 Å². The SMILES string of the molecule is COC(=O)[C@@H]1C2c3ccccc3C(c3ccccc32)[C@@]1(C)C(=O)OC. The van der Waals surface area contributed by atoms with Crippen molar-refractivity contribution in [2.75, 3.05) is 14.2 Å². The lowest BCUT2D eigenvalue weighted by Crippen LogP contribution is -2.55. The fraction of sp³-hybridized carbons (Fsp3) is 0.333. The molecule has 0 aromatic heterocycles. The molecule has 0 radical (unpaired) electrons. The van der Waals surface area contributed by atoms with E-state index in [0.717, 1.165) is 22.3 Å². The fourth-order valence-corrected chi connectivity index (χ4v) is 4.95. The Morgan fingerprint density at radius 1 is 0.840 bits per heavy atom. The average Bonchev–Trinajstić information content (AvgIpc) is 2.66. The summed E-state index contributed by atoms with van der Waals surface area (Å²) in [4.78, 5) is 25.7. The molecule has 0 heterocycles. The van der Waals surface area contributed by atoms with E-state index < -0.39 is 11.3 Å². The van der Waals surface area contributed by atoms with Gasteiger partial charge in [-0.25, -0.2) is 0 Å². The van der Waals surface area contributed by atoms with Crippen LogP contribution in [0.3, 0.4) is 0 Å². The number of hydrogen-bond donors (Lipinski definition) is 0. The summed E-state index contributed by atoms with van der Waals surface area (Å²) in [6.07, 6.45) is 0. The molecule has 0 spiro atoms. The van der Waals surface area contributed by atoms with E-state index in [1.54, 1.807) is 0 Å². The number of ether oxygens (including phenoxy) is 2. The highest BCUT2D eigenvalue weighted by atomic mass is 16.5. The van der Waals surface area contributed by atoms with Crippen LogP contribution in [0.5, 0.6) is 0 Å². The molecule has 4 nitrogen and oxygen atoms in total. The highest BCUT2D eigenvalue weighted by Crippen LogP contribution is 2.64. The molecule has 5 rings (SSSR count). The number of carbonyl (C=O) groups excluding carboxylic acids is 2. The Bertz CT molecular complexity index is 824. The molecule has 0 N–H and O–H groups in total. The van der Waals surface area contributed by atoms with E-state index in [0.29, 0.717) is 0 Å². The predicted octanol–water partition coefficient (Wildman–Crippen LogP) is 3.25. The number of rotatable bonds is 2. The standard InChI is InChI=1S/C21H20O4/c1-21(20(23)25-3)17-14-10-6-4-8-12(14)16(18(21)19(22)24-2)13-9-5-7-11-15(13)17/h4-11,16-18H,1-3H3/t16?,17?,18-,21+/m0/s1. The third-order valence-electron chi connectivity index (χ3n) is 5.94. The number of carbonyl (C=O) groups is 2. The molecule has 2 bridgehead atoms. The van der Waals surface area contributed by atoms with E-state index in [1.165, 1.54) is 14.2 Å². The van der Waals surface area contributed by atoms with Crippen LogP contribution in [0.25, 0.3) is 0 Å². The summed E-state index contributed by atoms with van der Waals surface area (Å²) in [5.41, 5.74) is 3.39. The second-order valence-electron chi connectivity index (χ2n) is 6.94. The van der Waals surface area contributed by atoms with Crippen molar-refractivity contribution in [3.05, 3.63) is 70.8 Å². The van der Waals surface area contributed by atoms with Gasteiger partial charge in [0.1, 0.15) is 0 Å². The van der Waals surface area contributed by atoms with Crippen molar-refractivity contribution in [3.8, 4) is 0 Å². The van der Waals surface area contributed by atoms with Gasteiger partial charge in [0.05, 0.1) is 25.6 Å². The summed E-state index contributed by atoms with van der Waals surface area (Å²) in [7, 11) is 2.75. The quantitative estimate of drug-likeness (QED) is 0.790. The first-order valence-electron chi connectivity index (χ1n) is 8.39. The van der Waals surface area contributed by atoms with Crippen molar-refractivity contribution in [2.45, 2.75) is 18.8 Å². The molecule has 0 saturated heterocycles. The molecule has 0 saturated carbocycles. The van der Waals surface area contributed by atoms with Crippen molar-refractivity contribution >= 4 is 11.9 Å². The zero-order chi connectivity index (χ0) is 17.8. The Labute approximate surface area is 146 Å². The van der Waals surface area contributed by atoms with Crippen molar-refractivity contribution in [1.82, 2.24) is 0 Å². The molecule has 2 aromatic rings. The molecule has 25 heavy (non-hydrogen) atoms. The number of benzene rings is 2. The summed E-state index contributed by atoms with van der Waals surface area (Å²) in [5, 5.41) is 0. The molecule has 0 aliphatic heterocycles. The van der Waals surface area contributed by atoms with Gasteiger partial charge < -0.3 is 9.47 Å². The Kier molecular flexibility index (Phi) is 3.46. The van der Waals surface area contributed by atoms with E-state index in [2.05, 4.69) is 24.3 Å². The molecule has 3 aliphatic rings. The summed E-state index contributed by atoms with van der Waals surface area (Å²) in [5.74, 6) is -1.80. The second kappa shape index (κ2) is 5.45. The van der Waals surface area contributed by atoms with Gasteiger partial charge in [0.25, 0.3) is 0 Å². The van der Waals surface area contributed by atoms with Gasteiger partial charge in [-0.1, -0.05) is 48.5 Å². The van der Waals surface area contributed by atoms with Crippen LogP contribution in [-0.2, 0) is 19.1 Å². The maximum atomic E-state index is 12.9. The van der Waals surface area contributed by atoms with Crippen molar-refractivity contribution in [1.29, 1.82) is 0 Å². The van der Waals surface area contributed by atoms with Crippen LogP contribution in [-0.4, -0.2) is 26.2 Å². The first-order chi connectivity index (χ1) is 12.1. The van der Waals surface area contributed by atoms with Gasteiger partial charge >= 0.3 is 11.9 Å². The smallest absolute Gasteiger partial charge is 0.313 e. The van der Waals surface area contributed by atoms with E-state index in [1.807, 2.05) is 31.2 Å². The summed E-state index contributed by atoms with van der Waals surface area (Å²) < 4.78 is 10.3. The van der Waals surface area contributed by atoms with Gasteiger partial charge in [-0.15, -0.1) is 0 Å². The normalized spacial score (nSPS) is 28.7. The third-order valence-corrected chi connectivity index (χ3v) is 5.94. The van der Waals surface area contributed by atoms with Gasteiger partial charge in [0.15, 0.2) is 0 Å². The van der Waals surface area contributed by atoms with E-state index in [-0.39, 0.29) is 23.8 Å². The number of esters is 2. The van der Waals surface area contributed by atoms with Gasteiger partial charge in [-0.05, 0) is 29.2 Å². The Balaban J connectivity index is 2.08. The molecule has 4 heteroatoms. The number of hydrogen-bond acceptors (Lipinski definition) is 4. The first kappa shape index (κ1) is 15.9. The van der Waals surface area contributed by atoms with Crippen LogP contribution in [0.4, 0.5) is 0 Å². The van der Waals surface area contributed by atoms with Gasteiger partial charge in [0.2, 0.25) is 0 Å². The molecule has 0 fully saturated rings. The summed E-state index contributed by atoms with van der Waals surface area (Å²) in [6, 6.07) is 16.1. The lowest BCUT2D eigenvalue weighted by molar-refractivity contribution is -0.169. The Morgan fingerprint density at radius 2 is 1.32 bits per heavy atom. The molecule has 3 aliphatic carbocycles. The fourth-order valence-electron chi connectivity index (χ4n) is 4.95. The lowest BCUT2D eigenvalue weighted by Gasteiger charge is -2.53. The highest BCUT2D eigenvalue weighted by molar-refractivity contribution is 5.90. The minimum absolute atomic E-state index is 0.214. The minimum Gasteiger partial charge on any atom is -0.469 e. The molecular formula is C21H20O4. The van der Waals surface area contributed by atoms with Crippen LogP contribution in [0.15, 0.2) is 48.5 Å². The molecular weight excluding hydrogens is 316 g/mol. The van der Waals surface area contributed by atoms with Crippen molar-refractivity contribution < 1.29 is 19.1 Å². The van der Waals surface area contributed by atoms with E-state index >= 15 is 0 Å². The third kappa shape index (κ3) is 1.88. The van der Waals surface area contributed by atoms with E-state index in [4.69, 9.17) is 9.47 Å². The average molecular weight is 336 g/mol. The van der Waals surface area contributed by atoms with Crippen LogP contribution in [0.2, 0.25) is 0 Å². The second-order valence-corrected chi connectivity index (χ2v) is 6.94. The molecule has 2 aromatic carbocycles. The summed E-state index contributed by atoms with van der Waals surface area (Å²) >= 11 is 0. The zero-order valence-corrected chi connectivity index (χ0v) is 14.5. The summed E-state index contributed by atoms with van der Waals surface area (Å²) in [6.45, 7) is 1.84. The van der Waals surface area contributed by atoms with Crippen LogP contribution in [0, 0.1) is 11.3 Å². The first-order valence-corrected chi connectivity index (χ1v) is 8.39. The Morgan fingerprint density at radius 3 is 1.76 bits per heavy atom. The predicted molar refractivity (Wildman–Crippen MR) is 92.2 cm³/mol. The maximum absolute atomic E-state index is 12.9. The molecule has 2 atom stereocenters. The van der Waals surface area contributed by atoms with Crippen LogP contribution in [0.1, 0.15) is 41.0 Å². The zero-order valence-electron chi connectivity index (χ0n) is 14.5. The molecule has 0 amide bonds. The highest BCUT2D eigenvalue weighted by Gasteiger charge is 2.63. The van der Waals surface area contributed by atoms with Crippen molar-refractivity contribution in [2.24, 2.45) is 11.3 Å². The largest absolute Gasteiger partial charge is 0.469 e. The molecule has 128 valence electrons. The minimum atomic E-state index is -1.00. The van der Waals surface area contributed by atoms with Crippen LogP contribution < -0.4 is 0 Å². The number of methoxy groups -OCH3 is 2. The van der Waals surface area contributed by atoms with Gasteiger partial charge in [-0.3, -0.25) is 9.59 Å². The topological polar surface area (TPSA) is 52.6 Å². The monoisotopic (exact) mass is 336 g/mol. The Hall–Kier alpha value is -2.62. The number of fused-ring (bicyclic) bond motifs is 1. The van der Waals surface area contributed by atoms with Gasteiger partial charge in [-0.2, -0.15) is 0 Å². The maximum Gasteiger partial charge on any atom is 0.313 e.